The fraction of sp³-hybridized carbons (Fsp3) is 0. The summed E-state index contributed by atoms with van der Waals surface area (Å²) in [6, 6.07) is 57.2. The van der Waals surface area contributed by atoms with E-state index in [0.717, 1.165) is 55.5 Å². The van der Waals surface area contributed by atoms with Gasteiger partial charge in [-0.2, -0.15) is 0 Å². The Labute approximate surface area is 319 Å². The van der Waals surface area contributed by atoms with Crippen LogP contribution in [-0.4, -0.2) is 32.6 Å². The molecule has 5 aromatic carbocycles. The molecule has 241 valence electrons. The van der Waals surface area contributed by atoms with Gasteiger partial charge in [0, 0.05) is 19.5 Å². The van der Waals surface area contributed by atoms with Crippen LogP contribution in [0.2, 0.25) is 0 Å². The van der Waals surface area contributed by atoms with E-state index >= 15 is 0 Å². The zero-order valence-corrected chi connectivity index (χ0v) is 33.7. The number of benzene rings is 5. The summed E-state index contributed by atoms with van der Waals surface area (Å²) in [5.41, 5.74) is 9.66. The first-order valence-corrected chi connectivity index (χ1v) is 20.8. The van der Waals surface area contributed by atoms with Gasteiger partial charge in [0.1, 0.15) is 0 Å². The molecule has 0 saturated carbocycles. The molecule has 0 spiro atoms. The second kappa shape index (κ2) is 12.4. The molecule has 11 aromatic rings. The average molecular weight is 797 g/mol. The topological polar surface area (TPSA) is 48.8 Å². The summed E-state index contributed by atoms with van der Waals surface area (Å²) in [7, 11) is 0. The van der Waals surface area contributed by atoms with E-state index in [1.54, 1.807) is 0 Å². The zero-order valence-electron chi connectivity index (χ0n) is 27.8. The van der Waals surface area contributed by atoms with Crippen molar-refractivity contribution in [1.82, 2.24) is 18.1 Å². The summed E-state index contributed by atoms with van der Waals surface area (Å²) in [4.78, 5) is 10.8. The van der Waals surface area contributed by atoms with Crippen LogP contribution in [-0.2, 0) is 19.5 Å². The van der Waals surface area contributed by atoms with Gasteiger partial charge in [0.05, 0.1) is 0 Å². The van der Waals surface area contributed by atoms with Crippen LogP contribution in [0.5, 0.6) is 0 Å². The maximum atomic E-state index is 6.18. The second-order valence-electron chi connectivity index (χ2n) is 12.7. The van der Waals surface area contributed by atoms with Gasteiger partial charge in [0.25, 0.3) is 0 Å². The molecule has 1 radical (unpaired) electrons. The van der Waals surface area contributed by atoms with Gasteiger partial charge in [-0.1, -0.05) is 0 Å². The molecule has 6 aromatic heterocycles. The predicted octanol–water partition coefficient (Wildman–Crippen LogP) is 9.76. The molecule has 0 fully saturated rings. The number of furan rings is 1. The third kappa shape index (κ3) is 4.70. The molecule has 11 rings (SSSR count). The van der Waals surface area contributed by atoms with E-state index in [1.807, 2.05) is 54.0 Å². The van der Waals surface area contributed by atoms with Crippen LogP contribution in [0.25, 0.3) is 81.3 Å². The molecule has 0 aliphatic carbocycles. The number of thiophene rings is 1. The molecule has 0 bridgehead atoms. The molecular formula is C44H26GeN4OSZn-. The second-order valence-corrected chi connectivity index (χ2v) is 18.6. The fourth-order valence-corrected chi connectivity index (χ4v) is 14.7. The van der Waals surface area contributed by atoms with Gasteiger partial charge >= 0.3 is 284 Å². The van der Waals surface area contributed by atoms with Crippen LogP contribution in [0, 0.1) is 6.07 Å². The van der Waals surface area contributed by atoms with Crippen molar-refractivity contribution in [3.05, 3.63) is 164 Å². The standard InChI is InChI=1S/C44H26GeN4OS.Zn/c1-4-14-28(15-5-1)34-24-25-38-40(46-34)37(27-50-38)48-35-22-12-10-20-31(35)33-26-39-41(47-44(33)48)42-43(51-39)32-21-11-13-23-36(32)49(42)45(29-16-6-2-7-17-29)30-18-8-3-9-19-30;/h1-14,16-27H;/q-1;. The van der Waals surface area contributed by atoms with Crippen molar-refractivity contribution < 1.29 is 23.9 Å². The summed E-state index contributed by atoms with van der Waals surface area (Å²) in [6.07, 6.45) is 1.82. The summed E-state index contributed by atoms with van der Waals surface area (Å²) in [5.74, 6) is 0. The van der Waals surface area contributed by atoms with E-state index in [9.17, 15) is 0 Å². The number of pyridine rings is 2. The van der Waals surface area contributed by atoms with Crippen LogP contribution >= 0.6 is 11.3 Å². The molecule has 52 heavy (non-hydrogen) atoms. The monoisotopic (exact) mass is 796 g/mol. The fourth-order valence-electron chi connectivity index (χ4n) is 7.60. The average Bonchev–Trinajstić information content (AvgIpc) is 3.94. The molecule has 8 heteroatoms. The van der Waals surface area contributed by atoms with Gasteiger partial charge in [-0.3, -0.25) is 0 Å². The van der Waals surface area contributed by atoms with Crippen LogP contribution in [0.4, 0.5) is 0 Å². The third-order valence-electron chi connectivity index (χ3n) is 9.82. The summed E-state index contributed by atoms with van der Waals surface area (Å²) in [5, 5.41) is 3.54. The van der Waals surface area contributed by atoms with Gasteiger partial charge in [-0.05, 0) is 0 Å². The Morgan fingerprint density at radius 2 is 1.33 bits per heavy atom. The van der Waals surface area contributed by atoms with Crippen LogP contribution in [0.15, 0.2) is 162 Å². The van der Waals surface area contributed by atoms with Crippen molar-refractivity contribution in [3.8, 4) is 16.9 Å². The molecular weight excluding hydrogens is 771 g/mol. The van der Waals surface area contributed by atoms with Crippen molar-refractivity contribution in [2.75, 3.05) is 0 Å². The first-order chi connectivity index (χ1) is 25.3. The third-order valence-corrected chi connectivity index (χ3v) is 16.6. The number of hydrogen-bond donors (Lipinski definition) is 0. The number of rotatable bonds is 5. The van der Waals surface area contributed by atoms with Crippen LogP contribution < -0.4 is 8.79 Å². The van der Waals surface area contributed by atoms with Crippen molar-refractivity contribution in [3.63, 3.8) is 0 Å². The minimum absolute atomic E-state index is 0. The summed E-state index contributed by atoms with van der Waals surface area (Å²) < 4.78 is 16.3. The van der Waals surface area contributed by atoms with Gasteiger partial charge in [-0.15, -0.1) is 18.2 Å². The first kappa shape index (κ1) is 31.4. The quantitative estimate of drug-likeness (QED) is 0.129. The normalized spacial score (nSPS) is 11.9. The zero-order chi connectivity index (χ0) is 33.5. The Bertz CT molecular complexity index is 3060. The van der Waals surface area contributed by atoms with E-state index in [0.29, 0.717) is 0 Å². The van der Waals surface area contributed by atoms with Crippen molar-refractivity contribution >= 4 is 99.1 Å². The molecule has 0 saturated heterocycles. The molecule has 0 amide bonds. The summed E-state index contributed by atoms with van der Waals surface area (Å²) >= 11 is -0.547. The van der Waals surface area contributed by atoms with E-state index in [-0.39, 0.29) is 19.5 Å². The molecule has 0 aliphatic heterocycles. The molecule has 0 N–H and O–H groups in total. The molecule has 6 heterocycles. The number of aromatic nitrogens is 4. The number of para-hydroxylation sites is 2. The van der Waals surface area contributed by atoms with Crippen LogP contribution in [0.3, 0.4) is 0 Å². The molecule has 0 unspecified atom stereocenters. The summed E-state index contributed by atoms with van der Waals surface area (Å²) in [6.45, 7) is 0. The van der Waals surface area contributed by atoms with Crippen molar-refractivity contribution in [1.29, 1.82) is 0 Å². The Hall–Kier alpha value is -5.33. The van der Waals surface area contributed by atoms with Crippen molar-refractivity contribution in [2.45, 2.75) is 0 Å². The minimum atomic E-state index is -2.40. The maximum absolute atomic E-state index is 6.18. The SMILES string of the molecule is [Zn].[c-]1ccccc1-c1ccc2occ(-n3c4ccccc4c4cc5sc6c7ccccc7[n]([Ge]([c]7ccccc7)[c]7ccccc7)c6c5nc43)c2n1. The van der Waals surface area contributed by atoms with Crippen LogP contribution in [0.1, 0.15) is 0 Å². The number of nitrogens with zero attached hydrogens (tertiary/aromatic N) is 4. The van der Waals surface area contributed by atoms with Gasteiger partial charge in [0.15, 0.2) is 0 Å². The van der Waals surface area contributed by atoms with Crippen molar-refractivity contribution in [2.24, 2.45) is 0 Å². The Morgan fingerprint density at radius 3 is 2.08 bits per heavy atom. The Kier molecular flexibility index (Phi) is 7.50. The van der Waals surface area contributed by atoms with E-state index in [1.165, 1.54) is 34.6 Å². The Morgan fingerprint density at radius 1 is 0.635 bits per heavy atom. The first-order valence-electron chi connectivity index (χ1n) is 16.9. The predicted molar refractivity (Wildman–Crippen MR) is 212 cm³/mol. The van der Waals surface area contributed by atoms with E-state index in [4.69, 9.17) is 14.4 Å². The number of hydrogen-bond acceptors (Lipinski definition) is 4. The molecule has 5 nitrogen and oxygen atoms in total. The molecule has 0 aliphatic rings. The van der Waals surface area contributed by atoms with E-state index < -0.39 is 14.6 Å². The molecule has 0 atom stereocenters. The van der Waals surface area contributed by atoms with Gasteiger partial charge in [0.2, 0.25) is 0 Å². The van der Waals surface area contributed by atoms with Gasteiger partial charge in [-0.25, -0.2) is 0 Å². The number of fused-ring (bicyclic) bond motifs is 9. The van der Waals surface area contributed by atoms with E-state index in [2.05, 4.69) is 129 Å². The van der Waals surface area contributed by atoms with Gasteiger partial charge < -0.3 is 0 Å². The Balaban J connectivity index is 0.00000338.